The molecule has 1 heterocycles. The topological polar surface area (TPSA) is 92.3 Å². The number of methoxy groups -OCH3 is 2. The van der Waals surface area contributed by atoms with E-state index < -0.39 is 0 Å². The number of hydrogen-bond acceptors (Lipinski definition) is 6. The Kier molecular flexibility index (Phi) is 10.6. The maximum atomic E-state index is 13.1. The zero-order valence-corrected chi connectivity index (χ0v) is 20.7. The van der Waals surface area contributed by atoms with Crippen molar-refractivity contribution in [3.8, 4) is 11.5 Å². The molecule has 0 spiro atoms. The summed E-state index contributed by atoms with van der Waals surface area (Å²) in [4.78, 5) is 27.5. The molecule has 1 atom stereocenters. The zero-order valence-electron chi connectivity index (χ0n) is 20.7. The Morgan fingerprint density at radius 3 is 2.49 bits per heavy atom. The molecule has 35 heavy (non-hydrogen) atoms. The first-order valence-electron chi connectivity index (χ1n) is 12.2. The fraction of sp³-hybridized carbons (Fsp3) is 0.444. The number of hydrogen-bond donors (Lipinski definition) is 2. The Morgan fingerprint density at radius 1 is 1.00 bits per heavy atom. The van der Waals surface area contributed by atoms with Crippen LogP contribution in [0, 0.1) is 0 Å². The van der Waals surface area contributed by atoms with Crippen LogP contribution in [0.4, 0.5) is 0 Å². The van der Waals surface area contributed by atoms with E-state index in [-0.39, 0.29) is 17.9 Å². The molecule has 8 heteroatoms. The van der Waals surface area contributed by atoms with Crippen LogP contribution in [0.5, 0.6) is 11.5 Å². The first-order valence-corrected chi connectivity index (χ1v) is 12.2. The largest absolute Gasteiger partial charge is 0.493 e. The van der Waals surface area contributed by atoms with Gasteiger partial charge in [-0.3, -0.25) is 14.5 Å². The van der Waals surface area contributed by atoms with Gasteiger partial charge in [-0.25, -0.2) is 5.43 Å². The van der Waals surface area contributed by atoms with Crippen molar-refractivity contribution < 1.29 is 19.1 Å². The van der Waals surface area contributed by atoms with E-state index >= 15 is 0 Å². The van der Waals surface area contributed by atoms with Crippen LogP contribution in [0.1, 0.15) is 54.4 Å². The van der Waals surface area contributed by atoms with Gasteiger partial charge >= 0.3 is 0 Å². The number of hydrazone groups is 1. The van der Waals surface area contributed by atoms with Crippen molar-refractivity contribution in [1.29, 1.82) is 0 Å². The normalized spacial score (nSPS) is 14.9. The van der Waals surface area contributed by atoms with E-state index in [9.17, 15) is 9.59 Å². The second-order valence-corrected chi connectivity index (χ2v) is 8.55. The molecule has 1 aliphatic rings. The highest BCUT2D eigenvalue weighted by Gasteiger charge is 2.26. The van der Waals surface area contributed by atoms with Crippen molar-refractivity contribution in [2.24, 2.45) is 5.10 Å². The van der Waals surface area contributed by atoms with Crippen LogP contribution < -0.4 is 20.2 Å². The molecule has 0 saturated carbocycles. The fourth-order valence-electron chi connectivity index (χ4n) is 4.32. The predicted octanol–water partition coefficient (Wildman–Crippen LogP) is 3.61. The Hall–Kier alpha value is -3.39. The maximum Gasteiger partial charge on any atom is 0.257 e. The Balaban J connectivity index is 1.53. The zero-order chi connectivity index (χ0) is 24.9. The minimum absolute atomic E-state index is 0.0711. The maximum absolute atomic E-state index is 13.1. The lowest BCUT2D eigenvalue weighted by Gasteiger charge is -2.33. The highest BCUT2D eigenvalue weighted by Crippen LogP contribution is 2.29. The predicted molar refractivity (Wildman–Crippen MR) is 137 cm³/mol. The van der Waals surface area contributed by atoms with Crippen LogP contribution in [-0.2, 0) is 4.79 Å². The van der Waals surface area contributed by atoms with Crippen molar-refractivity contribution in [1.82, 2.24) is 15.6 Å². The summed E-state index contributed by atoms with van der Waals surface area (Å²) in [6.07, 6.45) is 7.32. The number of para-hydroxylation sites is 1. The molecule has 1 saturated heterocycles. The van der Waals surface area contributed by atoms with Crippen molar-refractivity contribution in [3.05, 3.63) is 59.7 Å². The van der Waals surface area contributed by atoms with E-state index in [0.29, 0.717) is 30.0 Å². The molecule has 0 aromatic heterocycles. The molecule has 2 aromatic carbocycles. The number of likely N-dealkylation sites (tertiary alicyclic amines) is 1. The summed E-state index contributed by atoms with van der Waals surface area (Å²) < 4.78 is 10.7. The summed E-state index contributed by atoms with van der Waals surface area (Å²) in [6, 6.07) is 14.4. The minimum Gasteiger partial charge on any atom is -0.493 e. The third kappa shape index (κ3) is 7.82. The third-order valence-electron chi connectivity index (χ3n) is 6.17. The van der Waals surface area contributed by atoms with Crippen LogP contribution in [0.15, 0.2) is 53.6 Å². The van der Waals surface area contributed by atoms with Crippen LogP contribution in [0.3, 0.4) is 0 Å². The van der Waals surface area contributed by atoms with Gasteiger partial charge in [0.05, 0.1) is 26.5 Å². The Morgan fingerprint density at radius 2 is 1.77 bits per heavy atom. The van der Waals surface area contributed by atoms with E-state index in [1.807, 2.05) is 36.4 Å². The number of nitrogens with one attached hydrogen (secondary N) is 2. The van der Waals surface area contributed by atoms with Crippen LogP contribution in [-0.4, -0.2) is 62.8 Å². The molecule has 2 N–H and O–H groups in total. The molecule has 2 aromatic rings. The number of piperidine rings is 1. The standard InChI is InChI=1S/C27H36N4O4/c1-34-24-16-11-14-22(25(24)35-2)20-29-30-27(33)23(31-18-9-4-10-19-31)15-7-8-17-28-26(32)21-12-5-3-6-13-21/h3,5-6,11-14,16,20,23H,4,7-10,15,17-19H2,1-2H3,(H,28,32)(H,30,33)/b29-20+. The van der Waals surface area contributed by atoms with Crippen LogP contribution in [0.25, 0.3) is 0 Å². The molecule has 188 valence electrons. The second kappa shape index (κ2) is 14.1. The average molecular weight is 481 g/mol. The number of carbonyl (C=O) groups excluding carboxylic acids is 2. The summed E-state index contributed by atoms with van der Waals surface area (Å²) >= 11 is 0. The summed E-state index contributed by atoms with van der Waals surface area (Å²) in [5.41, 5.74) is 4.10. The molecule has 3 rings (SSSR count). The van der Waals surface area contributed by atoms with Gasteiger partial charge in [0.2, 0.25) is 0 Å². The van der Waals surface area contributed by atoms with Gasteiger partial charge in [0.25, 0.3) is 11.8 Å². The minimum atomic E-state index is -0.246. The number of unbranched alkanes of at least 4 members (excludes halogenated alkanes) is 1. The van der Waals surface area contributed by atoms with E-state index in [1.165, 1.54) is 6.42 Å². The third-order valence-corrected chi connectivity index (χ3v) is 6.17. The Labute approximate surface area is 207 Å². The monoisotopic (exact) mass is 480 g/mol. The first-order chi connectivity index (χ1) is 17.1. The molecular weight excluding hydrogens is 444 g/mol. The molecule has 2 amide bonds. The first kappa shape index (κ1) is 26.2. The van der Waals surface area contributed by atoms with Gasteiger partial charge in [0, 0.05) is 17.7 Å². The Bertz CT molecular complexity index is 974. The van der Waals surface area contributed by atoms with Crippen LogP contribution in [0.2, 0.25) is 0 Å². The molecule has 0 bridgehead atoms. The molecule has 1 fully saturated rings. The molecule has 0 aliphatic carbocycles. The number of amides is 2. The van der Waals surface area contributed by atoms with E-state index in [2.05, 4.69) is 20.7 Å². The lowest BCUT2D eigenvalue weighted by molar-refractivity contribution is -0.127. The van der Waals surface area contributed by atoms with E-state index in [1.54, 1.807) is 32.6 Å². The van der Waals surface area contributed by atoms with Gasteiger partial charge in [0.1, 0.15) is 0 Å². The molecule has 1 unspecified atom stereocenters. The average Bonchev–Trinajstić information content (AvgIpc) is 2.91. The van der Waals surface area contributed by atoms with Crippen molar-refractivity contribution in [3.63, 3.8) is 0 Å². The molecule has 0 radical (unpaired) electrons. The number of carbonyl (C=O) groups is 2. The summed E-state index contributed by atoms with van der Waals surface area (Å²) in [5, 5.41) is 7.15. The second-order valence-electron chi connectivity index (χ2n) is 8.55. The highest BCUT2D eigenvalue weighted by atomic mass is 16.5. The van der Waals surface area contributed by atoms with Gasteiger partial charge in [-0.15, -0.1) is 0 Å². The smallest absolute Gasteiger partial charge is 0.257 e. The number of benzene rings is 2. The fourth-order valence-corrected chi connectivity index (χ4v) is 4.32. The van der Waals surface area contributed by atoms with Gasteiger partial charge in [0.15, 0.2) is 11.5 Å². The molecular formula is C27H36N4O4. The van der Waals surface area contributed by atoms with Gasteiger partial charge < -0.3 is 14.8 Å². The van der Waals surface area contributed by atoms with Gasteiger partial charge in [-0.05, 0) is 69.5 Å². The lowest BCUT2D eigenvalue weighted by Crippen LogP contribution is -2.47. The van der Waals surface area contributed by atoms with Gasteiger partial charge in [-0.2, -0.15) is 5.10 Å². The van der Waals surface area contributed by atoms with Crippen molar-refractivity contribution in [2.75, 3.05) is 33.9 Å². The number of rotatable bonds is 12. The van der Waals surface area contributed by atoms with E-state index in [4.69, 9.17) is 9.47 Å². The summed E-state index contributed by atoms with van der Waals surface area (Å²) in [6.45, 7) is 2.41. The van der Waals surface area contributed by atoms with Crippen molar-refractivity contribution >= 4 is 18.0 Å². The number of ether oxygens (including phenoxy) is 2. The lowest BCUT2D eigenvalue weighted by atomic mass is 10.0. The SMILES string of the molecule is COc1cccc(/C=N/NC(=O)C(CCCCNC(=O)c2ccccc2)N2CCCCC2)c1OC. The summed E-state index contributed by atoms with van der Waals surface area (Å²) in [5.74, 6) is 0.989. The molecule has 1 aliphatic heterocycles. The van der Waals surface area contributed by atoms with Crippen molar-refractivity contribution in [2.45, 2.75) is 44.6 Å². The summed E-state index contributed by atoms with van der Waals surface area (Å²) in [7, 11) is 3.15. The molecule has 8 nitrogen and oxygen atoms in total. The van der Waals surface area contributed by atoms with Crippen LogP contribution >= 0.6 is 0 Å². The van der Waals surface area contributed by atoms with Gasteiger partial charge in [-0.1, -0.05) is 30.7 Å². The number of nitrogens with zero attached hydrogens (tertiary/aromatic N) is 2. The van der Waals surface area contributed by atoms with E-state index in [0.717, 1.165) is 44.3 Å². The highest BCUT2D eigenvalue weighted by molar-refractivity contribution is 5.94. The quantitative estimate of drug-likeness (QED) is 0.275.